The zero-order valence-corrected chi connectivity index (χ0v) is 11.4. The molecule has 2 aliphatic rings. The van der Waals surface area contributed by atoms with Crippen LogP contribution in [0.2, 0.25) is 0 Å². The van der Waals surface area contributed by atoms with Crippen LogP contribution in [-0.4, -0.2) is 48.5 Å². The molecular formula is C14H21N3O2. The number of nitrogens with zero attached hydrogens (tertiary/aromatic N) is 3. The highest BCUT2D eigenvalue weighted by atomic mass is 16.5. The summed E-state index contributed by atoms with van der Waals surface area (Å²) in [6.45, 7) is 5.30. The number of fused-ring (bicyclic) bond motifs is 1. The third-order valence-corrected chi connectivity index (χ3v) is 4.10. The summed E-state index contributed by atoms with van der Waals surface area (Å²) in [4.78, 5) is 11.0. The molecule has 0 N–H and O–H groups in total. The molecule has 3 rings (SSSR count). The van der Waals surface area contributed by atoms with Crippen molar-refractivity contribution in [2.75, 3.05) is 31.3 Å². The summed E-state index contributed by atoms with van der Waals surface area (Å²) >= 11 is 0. The van der Waals surface area contributed by atoms with Crippen LogP contribution in [-0.2, 0) is 9.47 Å². The number of hydrogen-bond acceptors (Lipinski definition) is 5. The predicted octanol–water partition coefficient (Wildman–Crippen LogP) is 1.50. The van der Waals surface area contributed by atoms with Crippen molar-refractivity contribution >= 4 is 5.82 Å². The van der Waals surface area contributed by atoms with Crippen molar-refractivity contribution in [1.29, 1.82) is 0 Å². The summed E-state index contributed by atoms with van der Waals surface area (Å²) in [6.07, 6.45) is 7.92. The van der Waals surface area contributed by atoms with E-state index in [1.165, 1.54) is 6.42 Å². The van der Waals surface area contributed by atoms with Gasteiger partial charge in [0.15, 0.2) is 0 Å². The van der Waals surface area contributed by atoms with E-state index in [2.05, 4.69) is 14.9 Å². The molecule has 1 saturated heterocycles. The van der Waals surface area contributed by atoms with Gasteiger partial charge in [0, 0.05) is 31.5 Å². The quantitative estimate of drug-likeness (QED) is 0.824. The average Bonchev–Trinajstić information content (AvgIpc) is 2.89. The lowest BCUT2D eigenvalue weighted by Gasteiger charge is -2.39. The van der Waals surface area contributed by atoms with Gasteiger partial charge in [0.05, 0.1) is 31.6 Å². The third kappa shape index (κ3) is 2.58. The number of anilines is 1. The number of rotatable bonds is 4. The van der Waals surface area contributed by atoms with E-state index in [1.807, 2.05) is 13.1 Å². The van der Waals surface area contributed by atoms with Gasteiger partial charge in [-0.05, 0) is 19.8 Å². The fraction of sp³-hybridized carbons (Fsp3) is 0.714. The summed E-state index contributed by atoms with van der Waals surface area (Å²) in [7, 11) is 0. The minimum Gasteiger partial charge on any atom is -0.381 e. The van der Waals surface area contributed by atoms with Crippen LogP contribution in [0.1, 0.15) is 19.8 Å². The van der Waals surface area contributed by atoms with E-state index in [4.69, 9.17) is 9.47 Å². The first-order valence-electron chi connectivity index (χ1n) is 7.12. The topological polar surface area (TPSA) is 47.5 Å². The number of ether oxygens (including phenoxy) is 2. The highest BCUT2D eigenvalue weighted by molar-refractivity contribution is 5.38. The summed E-state index contributed by atoms with van der Waals surface area (Å²) in [5.74, 6) is 1.49. The Balaban J connectivity index is 1.72. The molecule has 1 aliphatic heterocycles. The molecule has 0 radical (unpaired) electrons. The van der Waals surface area contributed by atoms with Crippen molar-refractivity contribution in [3.63, 3.8) is 0 Å². The highest BCUT2D eigenvalue weighted by Crippen LogP contribution is 2.36. The largest absolute Gasteiger partial charge is 0.381 e. The van der Waals surface area contributed by atoms with Crippen LogP contribution in [0.5, 0.6) is 0 Å². The van der Waals surface area contributed by atoms with Gasteiger partial charge in [0.2, 0.25) is 0 Å². The lowest BCUT2D eigenvalue weighted by Crippen LogP contribution is -2.51. The van der Waals surface area contributed by atoms with Gasteiger partial charge in [-0.3, -0.25) is 4.98 Å². The molecule has 1 aromatic heterocycles. The monoisotopic (exact) mass is 263 g/mol. The second-order valence-electron chi connectivity index (χ2n) is 5.16. The van der Waals surface area contributed by atoms with E-state index in [0.29, 0.717) is 12.0 Å². The predicted molar refractivity (Wildman–Crippen MR) is 72.1 cm³/mol. The van der Waals surface area contributed by atoms with Crippen molar-refractivity contribution in [2.24, 2.45) is 5.92 Å². The Bertz CT molecular complexity index is 401. The second-order valence-corrected chi connectivity index (χ2v) is 5.16. The van der Waals surface area contributed by atoms with E-state index in [1.54, 1.807) is 12.4 Å². The molecule has 2 fully saturated rings. The molecule has 3 atom stereocenters. The molecule has 3 unspecified atom stereocenters. The first kappa shape index (κ1) is 12.8. The maximum Gasteiger partial charge on any atom is 0.147 e. The molecule has 0 spiro atoms. The molecule has 5 heteroatoms. The molecule has 0 amide bonds. The van der Waals surface area contributed by atoms with Crippen LogP contribution in [0.15, 0.2) is 18.6 Å². The molecule has 104 valence electrons. The van der Waals surface area contributed by atoms with Crippen molar-refractivity contribution in [1.82, 2.24) is 9.97 Å². The molecule has 1 aliphatic carbocycles. The lowest BCUT2D eigenvalue weighted by atomic mass is 10.0. The first-order chi connectivity index (χ1) is 9.40. The molecule has 19 heavy (non-hydrogen) atoms. The average molecular weight is 263 g/mol. The molecule has 2 heterocycles. The van der Waals surface area contributed by atoms with Crippen molar-refractivity contribution in [3.8, 4) is 0 Å². The fourth-order valence-electron chi connectivity index (χ4n) is 3.23. The smallest absolute Gasteiger partial charge is 0.147 e. The molecule has 1 saturated carbocycles. The second kappa shape index (κ2) is 5.84. The summed E-state index contributed by atoms with van der Waals surface area (Å²) in [5, 5.41) is 0. The Morgan fingerprint density at radius 1 is 1.42 bits per heavy atom. The number of morpholine rings is 1. The minimum atomic E-state index is 0.280. The fourth-order valence-corrected chi connectivity index (χ4v) is 3.23. The van der Waals surface area contributed by atoms with Gasteiger partial charge in [-0.25, -0.2) is 4.98 Å². The Morgan fingerprint density at radius 2 is 2.37 bits per heavy atom. The van der Waals surface area contributed by atoms with Crippen LogP contribution in [0.4, 0.5) is 5.82 Å². The van der Waals surface area contributed by atoms with E-state index in [0.717, 1.165) is 38.6 Å². The summed E-state index contributed by atoms with van der Waals surface area (Å²) in [6, 6.07) is 0.427. The van der Waals surface area contributed by atoms with Gasteiger partial charge >= 0.3 is 0 Å². The van der Waals surface area contributed by atoms with Crippen molar-refractivity contribution in [3.05, 3.63) is 18.6 Å². The molecule has 0 bridgehead atoms. The lowest BCUT2D eigenvalue weighted by molar-refractivity contribution is -0.0267. The molecule has 1 aromatic rings. The first-order valence-corrected chi connectivity index (χ1v) is 7.12. The van der Waals surface area contributed by atoms with Crippen LogP contribution < -0.4 is 4.90 Å². The van der Waals surface area contributed by atoms with Crippen molar-refractivity contribution in [2.45, 2.75) is 31.9 Å². The van der Waals surface area contributed by atoms with Crippen LogP contribution >= 0.6 is 0 Å². The van der Waals surface area contributed by atoms with E-state index < -0.39 is 0 Å². The number of aromatic nitrogens is 2. The van der Waals surface area contributed by atoms with E-state index in [-0.39, 0.29) is 6.10 Å². The molecule has 5 nitrogen and oxygen atoms in total. The van der Waals surface area contributed by atoms with Crippen LogP contribution in [0, 0.1) is 5.92 Å². The Labute approximate surface area is 113 Å². The standard InChI is InChI=1S/C14H21N3O2/c1-2-18-10-11-3-4-12-14(11)19-8-7-17(12)13-9-15-5-6-16-13/h5-6,9,11-12,14H,2-4,7-8,10H2,1H3. The Kier molecular flexibility index (Phi) is 3.94. The van der Waals surface area contributed by atoms with Crippen LogP contribution in [0.25, 0.3) is 0 Å². The SMILES string of the molecule is CCOCC1CCC2C1OCCN2c1cnccn1. The summed E-state index contributed by atoms with van der Waals surface area (Å²) < 4.78 is 11.6. The van der Waals surface area contributed by atoms with Gasteiger partial charge < -0.3 is 14.4 Å². The number of hydrogen-bond donors (Lipinski definition) is 0. The third-order valence-electron chi connectivity index (χ3n) is 4.10. The van der Waals surface area contributed by atoms with Gasteiger partial charge in [0.25, 0.3) is 0 Å². The molecular weight excluding hydrogens is 242 g/mol. The highest BCUT2D eigenvalue weighted by Gasteiger charge is 2.43. The maximum absolute atomic E-state index is 5.99. The maximum atomic E-state index is 5.99. The normalized spacial score (nSPS) is 30.4. The van der Waals surface area contributed by atoms with Gasteiger partial charge in [0.1, 0.15) is 5.82 Å². The van der Waals surface area contributed by atoms with Crippen LogP contribution in [0.3, 0.4) is 0 Å². The zero-order valence-electron chi connectivity index (χ0n) is 11.4. The minimum absolute atomic E-state index is 0.280. The van der Waals surface area contributed by atoms with Crippen molar-refractivity contribution < 1.29 is 9.47 Å². The Morgan fingerprint density at radius 3 is 3.16 bits per heavy atom. The van der Waals surface area contributed by atoms with E-state index in [9.17, 15) is 0 Å². The van der Waals surface area contributed by atoms with E-state index >= 15 is 0 Å². The molecule has 0 aromatic carbocycles. The summed E-state index contributed by atoms with van der Waals surface area (Å²) in [5.41, 5.74) is 0. The van der Waals surface area contributed by atoms with Gasteiger partial charge in [-0.2, -0.15) is 0 Å². The zero-order chi connectivity index (χ0) is 13.1. The Hall–Kier alpha value is -1.20. The van der Waals surface area contributed by atoms with Gasteiger partial charge in [-0.1, -0.05) is 0 Å². The van der Waals surface area contributed by atoms with Gasteiger partial charge in [-0.15, -0.1) is 0 Å².